The quantitative estimate of drug-likeness (QED) is 0.201. The molecule has 0 heterocycles. The molecule has 0 bridgehead atoms. The molecule has 12 heteroatoms. The van der Waals surface area contributed by atoms with Crippen molar-refractivity contribution in [2.24, 2.45) is 5.10 Å². The maximum Gasteiger partial charge on any atom is 0.429 e. The third-order valence-corrected chi connectivity index (χ3v) is 6.13. The lowest BCUT2D eigenvalue weighted by Crippen LogP contribution is -2.41. The standard InChI is InChI=1S/C23H20F4N2O5S/c1-34-17-7-4-5-15(11-17)12-21(30)29-28-14-16-6-2-3-8-18(16)19-13-22(24,23(25,26)27)10-9-20(19)35(31,32)33/h2-11,13-14,20H,12H2,1H3,(H,29,30)(H,31,32,33)/p-1/b28-14+. The summed E-state index contributed by atoms with van der Waals surface area (Å²) in [6.07, 6.45) is -3.93. The summed E-state index contributed by atoms with van der Waals surface area (Å²) in [7, 11) is -3.70. The topological polar surface area (TPSA) is 108 Å². The second-order valence-electron chi connectivity index (χ2n) is 7.55. The molecular formula is C23H19F4N2O5S-. The highest BCUT2D eigenvalue weighted by atomic mass is 32.2. The van der Waals surface area contributed by atoms with E-state index in [0.717, 1.165) is 6.21 Å². The SMILES string of the molecule is COc1cccc(CC(=O)N/N=C/c2ccccc2C2=CC(F)(C(F)(F)F)C=CC2S(=O)(=O)[O-])c1. The van der Waals surface area contributed by atoms with Gasteiger partial charge >= 0.3 is 6.18 Å². The highest BCUT2D eigenvalue weighted by Gasteiger charge is 2.54. The average Bonchev–Trinajstić information content (AvgIpc) is 2.78. The molecule has 0 fully saturated rings. The number of hydrogen-bond donors (Lipinski definition) is 1. The van der Waals surface area contributed by atoms with E-state index in [4.69, 9.17) is 4.74 Å². The van der Waals surface area contributed by atoms with Crippen molar-refractivity contribution in [3.05, 3.63) is 83.4 Å². The molecule has 2 aromatic rings. The van der Waals surface area contributed by atoms with Gasteiger partial charge in [0.05, 0.1) is 25.0 Å². The van der Waals surface area contributed by atoms with Crippen LogP contribution in [0.5, 0.6) is 5.75 Å². The molecule has 0 saturated heterocycles. The van der Waals surface area contributed by atoms with Gasteiger partial charge in [0.1, 0.15) is 15.9 Å². The third-order valence-electron chi connectivity index (χ3n) is 5.09. The van der Waals surface area contributed by atoms with Crippen LogP contribution in [0.4, 0.5) is 17.6 Å². The summed E-state index contributed by atoms with van der Waals surface area (Å²) in [5, 5.41) is 1.71. The largest absolute Gasteiger partial charge is 0.747 e. The molecule has 3 rings (SSSR count). The molecule has 186 valence electrons. The van der Waals surface area contributed by atoms with Crippen LogP contribution in [-0.2, 0) is 21.3 Å². The van der Waals surface area contributed by atoms with Gasteiger partial charge in [-0.1, -0.05) is 42.5 Å². The number of ether oxygens (including phenoxy) is 1. The predicted octanol–water partition coefficient (Wildman–Crippen LogP) is 3.53. The van der Waals surface area contributed by atoms with Crippen molar-refractivity contribution in [3.8, 4) is 5.75 Å². The number of nitrogens with zero attached hydrogens (tertiary/aromatic N) is 1. The monoisotopic (exact) mass is 511 g/mol. The smallest absolute Gasteiger partial charge is 0.429 e. The number of amides is 1. The summed E-state index contributed by atoms with van der Waals surface area (Å²) in [6, 6.07) is 12.1. The van der Waals surface area contributed by atoms with Gasteiger partial charge in [-0.05, 0) is 41.0 Å². The van der Waals surface area contributed by atoms with Crippen LogP contribution in [0.1, 0.15) is 16.7 Å². The zero-order valence-corrected chi connectivity index (χ0v) is 18.9. The van der Waals surface area contributed by atoms with Crippen LogP contribution >= 0.6 is 0 Å². The Balaban J connectivity index is 1.89. The second kappa shape index (κ2) is 10.0. The summed E-state index contributed by atoms with van der Waals surface area (Å²) >= 11 is 0. The Bertz CT molecular complexity index is 1300. The van der Waals surface area contributed by atoms with Gasteiger partial charge < -0.3 is 9.29 Å². The van der Waals surface area contributed by atoms with Crippen LogP contribution in [0.15, 0.2) is 71.9 Å². The van der Waals surface area contributed by atoms with Crippen molar-refractivity contribution in [2.45, 2.75) is 23.5 Å². The molecule has 0 aliphatic heterocycles. The number of rotatable bonds is 7. The van der Waals surface area contributed by atoms with Gasteiger partial charge in [-0.25, -0.2) is 18.2 Å². The predicted molar refractivity (Wildman–Crippen MR) is 119 cm³/mol. The van der Waals surface area contributed by atoms with Gasteiger partial charge in [0.2, 0.25) is 11.6 Å². The van der Waals surface area contributed by atoms with E-state index in [9.17, 15) is 35.3 Å². The first-order valence-electron chi connectivity index (χ1n) is 10.0. The Labute approximate surface area is 198 Å². The van der Waals surface area contributed by atoms with Gasteiger partial charge in [0.25, 0.3) is 0 Å². The Morgan fingerprint density at radius 3 is 2.60 bits per heavy atom. The molecular weight excluding hydrogens is 492 g/mol. The molecule has 1 N–H and O–H groups in total. The lowest BCUT2D eigenvalue weighted by atomic mass is 9.88. The number of halogens is 4. The normalized spacial score (nSPS) is 20.5. The van der Waals surface area contributed by atoms with E-state index in [1.165, 1.54) is 31.4 Å². The molecule has 2 aromatic carbocycles. The number of carbonyl (C=O) groups is 1. The van der Waals surface area contributed by atoms with Crippen LogP contribution in [0.25, 0.3) is 5.57 Å². The summed E-state index contributed by atoms with van der Waals surface area (Å²) in [5.41, 5.74) is -1.90. The van der Waals surface area contributed by atoms with Crippen LogP contribution in [0, 0.1) is 0 Å². The molecule has 0 spiro atoms. The van der Waals surface area contributed by atoms with Gasteiger partial charge in [-0.3, -0.25) is 4.79 Å². The number of allylic oxidation sites excluding steroid dienone is 2. The van der Waals surface area contributed by atoms with Crippen molar-refractivity contribution in [3.63, 3.8) is 0 Å². The Hall–Kier alpha value is -3.51. The van der Waals surface area contributed by atoms with Gasteiger partial charge in [-0.15, -0.1) is 0 Å². The van der Waals surface area contributed by atoms with Crippen LogP contribution < -0.4 is 10.2 Å². The zero-order valence-electron chi connectivity index (χ0n) is 18.1. The molecule has 7 nitrogen and oxygen atoms in total. The molecule has 0 aromatic heterocycles. The summed E-state index contributed by atoms with van der Waals surface area (Å²) in [4.78, 5) is 12.2. The van der Waals surface area contributed by atoms with Gasteiger partial charge in [0, 0.05) is 5.56 Å². The molecule has 0 radical (unpaired) electrons. The molecule has 1 aliphatic carbocycles. The van der Waals surface area contributed by atoms with Crippen molar-refractivity contribution in [1.82, 2.24) is 5.43 Å². The van der Waals surface area contributed by atoms with Crippen molar-refractivity contribution in [2.75, 3.05) is 7.11 Å². The number of hydrazone groups is 1. The van der Waals surface area contributed by atoms with Gasteiger partial charge in [-0.2, -0.15) is 18.3 Å². The maximum absolute atomic E-state index is 14.6. The number of carbonyl (C=O) groups excluding carboxylic acids is 1. The fraction of sp³-hybridized carbons (Fsp3) is 0.217. The van der Waals surface area contributed by atoms with E-state index < -0.39 is 38.7 Å². The van der Waals surface area contributed by atoms with Crippen LogP contribution in [-0.4, -0.2) is 49.3 Å². The highest BCUT2D eigenvalue weighted by molar-refractivity contribution is 7.87. The number of benzene rings is 2. The second-order valence-corrected chi connectivity index (χ2v) is 9.04. The molecule has 1 amide bonds. The van der Waals surface area contributed by atoms with E-state index >= 15 is 0 Å². The Morgan fingerprint density at radius 1 is 1.23 bits per heavy atom. The van der Waals surface area contributed by atoms with E-state index in [2.05, 4.69) is 10.5 Å². The Morgan fingerprint density at radius 2 is 1.94 bits per heavy atom. The van der Waals surface area contributed by atoms with E-state index in [0.29, 0.717) is 17.4 Å². The minimum atomic E-state index is -5.39. The number of hydrogen-bond acceptors (Lipinski definition) is 6. The lowest BCUT2D eigenvalue weighted by Gasteiger charge is -2.31. The molecule has 1 aliphatic rings. The fourth-order valence-electron chi connectivity index (χ4n) is 3.40. The first kappa shape index (κ1) is 26.1. The van der Waals surface area contributed by atoms with E-state index in [1.54, 1.807) is 24.3 Å². The number of nitrogens with one attached hydrogen (secondary N) is 1. The molecule has 2 unspecified atom stereocenters. The zero-order chi connectivity index (χ0) is 25.9. The highest BCUT2D eigenvalue weighted by Crippen LogP contribution is 2.43. The summed E-state index contributed by atoms with van der Waals surface area (Å²) in [6.45, 7) is 0. The summed E-state index contributed by atoms with van der Waals surface area (Å²) in [5.74, 6) is 0.0277. The van der Waals surface area contributed by atoms with Crippen molar-refractivity contribution in [1.29, 1.82) is 0 Å². The van der Waals surface area contributed by atoms with Crippen LogP contribution in [0.2, 0.25) is 0 Å². The average molecular weight is 511 g/mol. The number of methoxy groups -OCH3 is 1. The first-order valence-corrected chi connectivity index (χ1v) is 11.5. The third kappa shape index (κ3) is 6.14. The van der Waals surface area contributed by atoms with E-state index in [-0.39, 0.29) is 29.7 Å². The number of alkyl halides is 4. The van der Waals surface area contributed by atoms with Crippen molar-refractivity contribution >= 4 is 27.8 Å². The summed E-state index contributed by atoms with van der Waals surface area (Å²) < 4.78 is 94.7. The van der Waals surface area contributed by atoms with Gasteiger partial charge in [0.15, 0.2) is 0 Å². The molecule has 35 heavy (non-hydrogen) atoms. The van der Waals surface area contributed by atoms with Crippen LogP contribution in [0.3, 0.4) is 0 Å². The lowest BCUT2D eigenvalue weighted by molar-refractivity contribution is -0.195. The van der Waals surface area contributed by atoms with E-state index in [1.807, 2.05) is 0 Å². The van der Waals surface area contributed by atoms with Crippen molar-refractivity contribution < 1.29 is 40.1 Å². The minimum Gasteiger partial charge on any atom is -0.747 e. The molecule has 2 atom stereocenters. The molecule has 0 saturated carbocycles. The first-order chi connectivity index (χ1) is 16.3. The fourth-order valence-corrected chi connectivity index (χ4v) is 4.18. The Kier molecular flexibility index (Phi) is 7.46. The maximum atomic E-state index is 14.6. The minimum absolute atomic E-state index is 0.00607.